The molecule has 146 valence electrons. The van der Waals surface area contributed by atoms with Crippen LogP contribution in [0.5, 0.6) is 0 Å². The summed E-state index contributed by atoms with van der Waals surface area (Å²) in [5.74, 6) is -2.50. The van der Waals surface area contributed by atoms with Gasteiger partial charge in [0.15, 0.2) is 0 Å². The van der Waals surface area contributed by atoms with E-state index in [0.717, 1.165) is 35.1 Å². The monoisotopic (exact) mass is 396 g/mol. The number of halogens is 2. The summed E-state index contributed by atoms with van der Waals surface area (Å²) >= 11 is 0. The van der Waals surface area contributed by atoms with Crippen LogP contribution in [0.15, 0.2) is 36.4 Å². The van der Waals surface area contributed by atoms with E-state index in [2.05, 4.69) is 5.32 Å². The number of nitrogens with zero attached hydrogens (tertiary/aromatic N) is 1. The van der Waals surface area contributed by atoms with Gasteiger partial charge >= 0.3 is 0 Å². The number of nitrogens with one attached hydrogen (secondary N) is 1. The van der Waals surface area contributed by atoms with Crippen molar-refractivity contribution in [3.63, 3.8) is 0 Å². The quantitative estimate of drug-likeness (QED) is 0.815. The zero-order valence-electron chi connectivity index (χ0n) is 15.6. The molecule has 2 aromatic rings. The molecule has 0 saturated heterocycles. The average Bonchev–Trinajstić information content (AvgIpc) is 2.54. The number of hydrogen-bond acceptors (Lipinski definition) is 3. The molecule has 0 spiro atoms. The Morgan fingerprint density at radius 1 is 1.11 bits per heavy atom. The molecule has 0 radical (unpaired) electrons. The number of rotatable bonds is 6. The van der Waals surface area contributed by atoms with Crippen LogP contribution in [0.4, 0.5) is 14.5 Å². The Labute approximate surface area is 158 Å². The summed E-state index contributed by atoms with van der Waals surface area (Å²) in [6.45, 7) is 5.08. The Morgan fingerprint density at radius 2 is 1.78 bits per heavy atom. The summed E-state index contributed by atoms with van der Waals surface area (Å²) in [5.41, 5.74) is 2.67. The first-order valence-corrected chi connectivity index (χ1v) is 10.1. The highest BCUT2D eigenvalue weighted by molar-refractivity contribution is 7.92. The number of sulfonamides is 1. The van der Waals surface area contributed by atoms with E-state index in [1.165, 1.54) is 0 Å². The van der Waals surface area contributed by atoms with Gasteiger partial charge in [0.2, 0.25) is 15.9 Å². The summed E-state index contributed by atoms with van der Waals surface area (Å²) in [4.78, 5) is 12.4. The highest BCUT2D eigenvalue weighted by atomic mass is 32.2. The van der Waals surface area contributed by atoms with E-state index >= 15 is 0 Å². The van der Waals surface area contributed by atoms with Gasteiger partial charge in [-0.3, -0.25) is 9.10 Å². The Bertz CT molecular complexity index is 961. The van der Waals surface area contributed by atoms with Gasteiger partial charge in [-0.25, -0.2) is 17.2 Å². The van der Waals surface area contributed by atoms with E-state index in [-0.39, 0.29) is 11.7 Å². The molecule has 0 saturated carbocycles. The van der Waals surface area contributed by atoms with Crippen molar-refractivity contribution in [1.29, 1.82) is 0 Å². The molecule has 0 aliphatic rings. The SMILES string of the molecule is Cc1ccc(C(C)NC(=O)CN(c2ccc(F)cc2F)S(C)(=O)=O)cc1C. The lowest BCUT2D eigenvalue weighted by molar-refractivity contribution is -0.120. The highest BCUT2D eigenvalue weighted by Crippen LogP contribution is 2.23. The van der Waals surface area contributed by atoms with Gasteiger partial charge in [0.25, 0.3) is 0 Å². The van der Waals surface area contributed by atoms with Gasteiger partial charge in [-0.15, -0.1) is 0 Å². The number of anilines is 1. The van der Waals surface area contributed by atoms with Crippen LogP contribution in [0.2, 0.25) is 0 Å². The Hall–Kier alpha value is -2.48. The van der Waals surface area contributed by atoms with E-state index in [1.807, 2.05) is 32.0 Å². The number of hydrogen-bond donors (Lipinski definition) is 1. The van der Waals surface area contributed by atoms with E-state index < -0.39 is 34.1 Å². The smallest absolute Gasteiger partial charge is 0.241 e. The van der Waals surface area contributed by atoms with Gasteiger partial charge in [0, 0.05) is 6.07 Å². The molecule has 27 heavy (non-hydrogen) atoms. The molecule has 0 fully saturated rings. The minimum Gasteiger partial charge on any atom is -0.348 e. The molecular formula is C19H22F2N2O3S. The standard InChI is InChI=1S/C19H22F2N2O3S/c1-12-5-6-15(9-13(12)2)14(3)22-19(24)11-23(27(4,25)26)18-8-7-16(20)10-17(18)21/h5-10,14H,11H2,1-4H3,(H,22,24). The Kier molecular flexibility index (Phi) is 6.20. The third-order valence-corrected chi connectivity index (χ3v) is 5.40. The summed E-state index contributed by atoms with van der Waals surface area (Å²) in [5, 5.41) is 2.70. The first-order chi connectivity index (χ1) is 12.5. The fourth-order valence-corrected chi connectivity index (χ4v) is 3.46. The van der Waals surface area contributed by atoms with E-state index in [1.54, 1.807) is 6.92 Å². The van der Waals surface area contributed by atoms with Crippen LogP contribution in [0.25, 0.3) is 0 Å². The molecule has 2 aromatic carbocycles. The molecule has 0 aromatic heterocycles. The molecule has 5 nitrogen and oxygen atoms in total. The van der Waals surface area contributed by atoms with Gasteiger partial charge in [-0.2, -0.15) is 0 Å². The van der Waals surface area contributed by atoms with Crippen LogP contribution in [-0.4, -0.2) is 27.1 Å². The average molecular weight is 396 g/mol. The molecule has 0 bridgehead atoms. The van der Waals surface area contributed by atoms with Crippen molar-refractivity contribution in [2.24, 2.45) is 0 Å². The van der Waals surface area contributed by atoms with Crippen molar-refractivity contribution in [1.82, 2.24) is 5.32 Å². The Morgan fingerprint density at radius 3 is 2.33 bits per heavy atom. The normalized spacial score (nSPS) is 12.5. The fourth-order valence-electron chi connectivity index (χ4n) is 2.60. The molecule has 1 amide bonds. The largest absolute Gasteiger partial charge is 0.348 e. The number of amides is 1. The lowest BCUT2D eigenvalue weighted by Gasteiger charge is -2.23. The number of aryl methyl sites for hydroxylation is 2. The first kappa shape index (κ1) is 20.8. The predicted octanol–water partition coefficient (Wildman–Crippen LogP) is 3.23. The van der Waals surface area contributed by atoms with Gasteiger partial charge in [0.1, 0.15) is 18.2 Å². The fraction of sp³-hybridized carbons (Fsp3) is 0.316. The lowest BCUT2D eigenvalue weighted by Crippen LogP contribution is -2.41. The van der Waals surface area contributed by atoms with Gasteiger partial charge < -0.3 is 5.32 Å². The minimum atomic E-state index is -3.95. The summed E-state index contributed by atoms with van der Waals surface area (Å²) in [7, 11) is -3.95. The third-order valence-electron chi connectivity index (χ3n) is 4.27. The Balaban J connectivity index is 2.20. The second-order valence-corrected chi connectivity index (χ2v) is 8.41. The zero-order valence-corrected chi connectivity index (χ0v) is 16.4. The van der Waals surface area contributed by atoms with E-state index in [0.29, 0.717) is 10.4 Å². The summed E-state index contributed by atoms with van der Waals surface area (Å²) in [6, 6.07) is 7.89. The van der Waals surface area contributed by atoms with Gasteiger partial charge in [-0.1, -0.05) is 18.2 Å². The van der Waals surface area contributed by atoms with Crippen LogP contribution >= 0.6 is 0 Å². The topological polar surface area (TPSA) is 66.5 Å². The highest BCUT2D eigenvalue weighted by Gasteiger charge is 2.24. The maximum Gasteiger partial charge on any atom is 0.241 e. The second kappa shape index (κ2) is 8.04. The van der Waals surface area contributed by atoms with Crippen LogP contribution in [0, 0.1) is 25.5 Å². The molecule has 8 heteroatoms. The molecule has 0 aliphatic heterocycles. The van der Waals surface area contributed by atoms with E-state index in [4.69, 9.17) is 0 Å². The van der Waals surface area contributed by atoms with Crippen molar-refractivity contribution in [2.45, 2.75) is 26.8 Å². The molecule has 0 heterocycles. The third kappa shape index (κ3) is 5.26. The predicted molar refractivity (Wildman–Crippen MR) is 101 cm³/mol. The minimum absolute atomic E-state index is 0.365. The van der Waals surface area contributed by atoms with Crippen LogP contribution in [-0.2, 0) is 14.8 Å². The summed E-state index contributed by atoms with van der Waals surface area (Å²) in [6.07, 6.45) is 0.857. The molecule has 1 N–H and O–H groups in total. The van der Waals surface area contributed by atoms with Crippen molar-refractivity contribution in [3.05, 3.63) is 64.7 Å². The first-order valence-electron chi connectivity index (χ1n) is 8.28. The van der Waals surface area contributed by atoms with Crippen LogP contribution < -0.4 is 9.62 Å². The molecule has 1 atom stereocenters. The molecular weight excluding hydrogens is 374 g/mol. The molecule has 0 aliphatic carbocycles. The van der Waals surface area contributed by atoms with Gasteiger partial charge in [0.05, 0.1) is 18.0 Å². The number of benzene rings is 2. The molecule has 2 rings (SSSR count). The van der Waals surface area contributed by atoms with Crippen molar-refractivity contribution in [3.8, 4) is 0 Å². The van der Waals surface area contributed by atoms with Crippen molar-refractivity contribution in [2.75, 3.05) is 17.1 Å². The van der Waals surface area contributed by atoms with Crippen molar-refractivity contribution >= 4 is 21.6 Å². The number of carbonyl (C=O) groups excluding carboxylic acids is 1. The van der Waals surface area contributed by atoms with E-state index in [9.17, 15) is 22.0 Å². The second-order valence-electron chi connectivity index (χ2n) is 6.50. The van der Waals surface area contributed by atoms with Crippen LogP contribution in [0.3, 0.4) is 0 Å². The zero-order chi connectivity index (χ0) is 20.4. The molecule has 1 unspecified atom stereocenters. The van der Waals surface area contributed by atoms with Gasteiger partial charge in [-0.05, 0) is 49.6 Å². The maximum atomic E-state index is 14.0. The summed E-state index contributed by atoms with van der Waals surface area (Å²) < 4.78 is 51.8. The maximum absolute atomic E-state index is 14.0. The van der Waals surface area contributed by atoms with Crippen LogP contribution in [0.1, 0.15) is 29.7 Å². The number of carbonyl (C=O) groups is 1. The lowest BCUT2D eigenvalue weighted by atomic mass is 10.0. The van der Waals surface area contributed by atoms with Crippen molar-refractivity contribution < 1.29 is 22.0 Å².